The highest BCUT2D eigenvalue weighted by atomic mass is 16.4. The highest BCUT2D eigenvalue weighted by molar-refractivity contribution is 6.17. The lowest BCUT2D eigenvalue weighted by Crippen LogP contribution is -2.11. The number of aliphatic carboxylic acids is 1. The summed E-state index contributed by atoms with van der Waals surface area (Å²) in [6.07, 6.45) is 1.94. The Morgan fingerprint density at radius 3 is 2.23 bits per heavy atom. The van der Waals surface area contributed by atoms with Gasteiger partial charge in [0.15, 0.2) is 0 Å². The molecule has 0 aliphatic carbocycles. The van der Waals surface area contributed by atoms with E-state index in [2.05, 4.69) is 0 Å². The quantitative estimate of drug-likeness (QED) is 0.348. The summed E-state index contributed by atoms with van der Waals surface area (Å²) in [6.45, 7) is 3.30. The van der Waals surface area contributed by atoms with Gasteiger partial charge in [-0.05, 0) is 13.3 Å². The van der Waals surface area contributed by atoms with E-state index in [0.29, 0.717) is 6.42 Å². The topological polar surface area (TPSA) is 81.4 Å². The molecule has 0 spiro atoms. The number of rotatable bonds is 5. The molecule has 0 radical (unpaired) electrons. The van der Waals surface area contributed by atoms with Crippen LogP contribution in [0.1, 0.15) is 33.1 Å². The van der Waals surface area contributed by atoms with Gasteiger partial charge < -0.3 is 15.6 Å². The standard InChI is InChI=1S/C9H15NO3/c1-3-4-5-7(11)8(6(2)10)9(12)13/h10-11H,3-5H2,1-2H3,(H,12,13). The summed E-state index contributed by atoms with van der Waals surface area (Å²) in [5, 5.41) is 25.1. The van der Waals surface area contributed by atoms with Crippen LogP contribution in [0.2, 0.25) is 0 Å². The van der Waals surface area contributed by atoms with Crippen LogP contribution in [-0.4, -0.2) is 21.9 Å². The number of allylic oxidation sites excluding steroid dienone is 1. The minimum Gasteiger partial charge on any atom is -0.511 e. The monoisotopic (exact) mass is 185 g/mol. The van der Waals surface area contributed by atoms with Crippen LogP contribution in [-0.2, 0) is 4.79 Å². The normalized spacial score (nSPS) is 12.2. The van der Waals surface area contributed by atoms with Crippen LogP contribution >= 0.6 is 0 Å². The molecule has 0 aromatic carbocycles. The summed E-state index contributed by atoms with van der Waals surface area (Å²) >= 11 is 0. The van der Waals surface area contributed by atoms with Gasteiger partial charge in [0.05, 0.1) is 0 Å². The lowest BCUT2D eigenvalue weighted by Gasteiger charge is -2.04. The molecule has 13 heavy (non-hydrogen) atoms. The zero-order valence-electron chi connectivity index (χ0n) is 7.92. The SMILES string of the molecule is CCCCC(O)=C(C(C)=N)C(=O)O. The van der Waals surface area contributed by atoms with Gasteiger partial charge in [0.25, 0.3) is 0 Å². The van der Waals surface area contributed by atoms with E-state index in [-0.39, 0.29) is 17.0 Å². The number of hydrogen-bond acceptors (Lipinski definition) is 3. The number of aliphatic hydroxyl groups excluding tert-OH is 1. The van der Waals surface area contributed by atoms with Gasteiger partial charge in [-0.15, -0.1) is 0 Å². The Hall–Kier alpha value is -1.32. The van der Waals surface area contributed by atoms with E-state index >= 15 is 0 Å². The second kappa shape index (κ2) is 5.35. The Morgan fingerprint density at radius 2 is 1.92 bits per heavy atom. The number of hydrogen-bond donors (Lipinski definition) is 3. The fourth-order valence-electron chi connectivity index (χ4n) is 0.969. The molecule has 0 amide bonds. The van der Waals surface area contributed by atoms with Crippen molar-refractivity contribution in [1.82, 2.24) is 0 Å². The van der Waals surface area contributed by atoms with Crippen LogP contribution < -0.4 is 0 Å². The van der Waals surface area contributed by atoms with Crippen LogP contribution in [0.25, 0.3) is 0 Å². The summed E-state index contributed by atoms with van der Waals surface area (Å²) in [5.74, 6) is -1.43. The van der Waals surface area contributed by atoms with Crippen LogP contribution in [0.4, 0.5) is 0 Å². The third-order valence-electron chi connectivity index (χ3n) is 1.64. The Bertz CT molecular complexity index is 227. The van der Waals surface area contributed by atoms with Crippen molar-refractivity contribution in [1.29, 1.82) is 5.41 Å². The average Bonchev–Trinajstić information content (AvgIpc) is 1.99. The van der Waals surface area contributed by atoms with Gasteiger partial charge >= 0.3 is 5.97 Å². The van der Waals surface area contributed by atoms with Crippen molar-refractivity contribution in [3.63, 3.8) is 0 Å². The lowest BCUT2D eigenvalue weighted by atomic mass is 10.1. The number of unbranched alkanes of at least 4 members (excludes halogenated alkanes) is 1. The number of nitrogens with one attached hydrogen (secondary N) is 1. The molecule has 3 N–H and O–H groups in total. The molecule has 0 bridgehead atoms. The van der Waals surface area contributed by atoms with Crippen molar-refractivity contribution in [3.8, 4) is 0 Å². The Labute approximate surface area is 77.4 Å². The molecule has 0 aromatic rings. The first-order valence-corrected chi connectivity index (χ1v) is 4.21. The molecule has 0 fully saturated rings. The first-order valence-electron chi connectivity index (χ1n) is 4.21. The molecular formula is C9H15NO3. The third kappa shape index (κ3) is 3.73. The molecule has 4 nitrogen and oxygen atoms in total. The second-order valence-electron chi connectivity index (χ2n) is 2.86. The van der Waals surface area contributed by atoms with Crippen molar-refractivity contribution < 1.29 is 15.0 Å². The van der Waals surface area contributed by atoms with E-state index in [1.807, 2.05) is 6.92 Å². The number of carbonyl (C=O) groups is 1. The van der Waals surface area contributed by atoms with Crippen molar-refractivity contribution in [2.45, 2.75) is 33.1 Å². The molecule has 4 heteroatoms. The molecule has 0 unspecified atom stereocenters. The minimum absolute atomic E-state index is 0.110. The minimum atomic E-state index is -1.24. The van der Waals surface area contributed by atoms with Gasteiger partial charge in [-0.25, -0.2) is 4.79 Å². The number of carboxylic acid groups (broad SMARTS) is 1. The molecule has 0 saturated heterocycles. The molecular weight excluding hydrogens is 170 g/mol. The van der Waals surface area contributed by atoms with Crippen LogP contribution in [0.5, 0.6) is 0 Å². The van der Waals surface area contributed by atoms with Crippen molar-refractivity contribution in [2.75, 3.05) is 0 Å². The van der Waals surface area contributed by atoms with Crippen molar-refractivity contribution >= 4 is 11.7 Å². The number of aliphatic hydroxyl groups is 1. The van der Waals surface area contributed by atoms with E-state index in [4.69, 9.17) is 10.5 Å². The van der Waals surface area contributed by atoms with Gasteiger partial charge in [0.2, 0.25) is 0 Å². The maximum absolute atomic E-state index is 10.6. The average molecular weight is 185 g/mol. The number of carboxylic acids is 1. The fourth-order valence-corrected chi connectivity index (χ4v) is 0.969. The summed E-state index contributed by atoms with van der Waals surface area (Å²) in [4.78, 5) is 10.6. The predicted octanol–water partition coefficient (Wildman–Crippen LogP) is 2.11. The molecule has 0 aliphatic rings. The zero-order valence-corrected chi connectivity index (χ0v) is 7.92. The van der Waals surface area contributed by atoms with E-state index in [9.17, 15) is 9.90 Å². The summed E-state index contributed by atoms with van der Waals surface area (Å²) in [6, 6.07) is 0. The summed E-state index contributed by atoms with van der Waals surface area (Å²) in [7, 11) is 0. The molecule has 0 heterocycles. The Kier molecular flexibility index (Phi) is 4.80. The highest BCUT2D eigenvalue weighted by Gasteiger charge is 2.15. The van der Waals surface area contributed by atoms with Gasteiger partial charge in [-0.1, -0.05) is 13.3 Å². The first-order chi connectivity index (χ1) is 6.00. The van der Waals surface area contributed by atoms with E-state index in [1.54, 1.807) is 0 Å². The maximum Gasteiger partial charge on any atom is 0.340 e. The van der Waals surface area contributed by atoms with Gasteiger partial charge in [0.1, 0.15) is 11.3 Å². The first kappa shape index (κ1) is 11.7. The van der Waals surface area contributed by atoms with E-state index < -0.39 is 5.97 Å². The second-order valence-corrected chi connectivity index (χ2v) is 2.86. The van der Waals surface area contributed by atoms with Crippen LogP contribution in [0.15, 0.2) is 11.3 Å². The van der Waals surface area contributed by atoms with E-state index in [1.165, 1.54) is 6.92 Å². The maximum atomic E-state index is 10.6. The molecule has 0 aliphatic heterocycles. The molecule has 0 rings (SSSR count). The Morgan fingerprint density at radius 1 is 1.38 bits per heavy atom. The zero-order chi connectivity index (χ0) is 10.4. The fraction of sp³-hybridized carbons (Fsp3) is 0.556. The highest BCUT2D eigenvalue weighted by Crippen LogP contribution is 2.11. The van der Waals surface area contributed by atoms with Gasteiger partial charge in [0, 0.05) is 12.1 Å². The summed E-state index contributed by atoms with van der Waals surface area (Å²) in [5.41, 5.74) is -0.380. The summed E-state index contributed by atoms with van der Waals surface area (Å²) < 4.78 is 0. The Balaban J connectivity index is 4.66. The third-order valence-corrected chi connectivity index (χ3v) is 1.64. The predicted molar refractivity (Wildman–Crippen MR) is 50.2 cm³/mol. The van der Waals surface area contributed by atoms with Crippen molar-refractivity contribution in [3.05, 3.63) is 11.3 Å². The van der Waals surface area contributed by atoms with Crippen LogP contribution in [0, 0.1) is 5.41 Å². The van der Waals surface area contributed by atoms with Crippen molar-refractivity contribution in [2.24, 2.45) is 0 Å². The van der Waals surface area contributed by atoms with Gasteiger partial charge in [-0.2, -0.15) is 0 Å². The van der Waals surface area contributed by atoms with E-state index in [0.717, 1.165) is 12.8 Å². The lowest BCUT2D eigenvalue weighted by molar-refractivity contribution is -0.132. The molecule has 74 valence electrons. The van der Waals surface area contributed by atoms with Gasteiger partial charge in [-0.3, -0.25) is 0 Å². The molecule has 0 aromatic heterocycles. The van der Waals surface area contributed by atoms with Crippen LogP contribution in [0.3, 0.4) is 0 Å². The largest absolute Gasteiger partial charge is 0.511 e. The molecule has 0 saturated carbocycles. The molecule has 0 atom stereocenters. The smallest absolute Gasteiger partial charge is 0.340 e.